The molecule has 0 aromatic rings. The molecular weight excluding hydrogens is 190 g/mol. The van der Waals surface area contributed by atoms with Gasteiger partial charge in [-0.1, -0.05) is 20.3 Å². The van der Waals surface area contributed by atoms with E-state index in [1.54, 1.807) is 0 Å². The lowest BCUT2D eigenvalue weighted by atomic mass is 9.78. The van der Waals surface area contributed by atoms with E-state index in [0.29, 0.717) is 5.41 Å². The van der Waals surface area contributed by atoms with Gasteiger partial charge in [0.15, 0.2) is 0 Å². The molecule has 0 aliphatic carbocycles. The van der Waals surface area contributed by atoms with Crippen LogP contribution in [0.5, 0.6) is 0 Å². The van der Waals surface area contributed by atoms with Crippen molar-refractivity contribution in [2.24, 2.45) is 5.41 Å². The maximum absolute atomic E-state index is 10.9. The van der Waals surface area contributed by atoms with Crippen molar-refractivity contribution in [2.45, 2.75) is 33.1 Å². The van der Waals surface area contributed by atoms with Crippen molar-refractivity contribution in [1.29, 1.82) is 0 Å². The zero-order valence-corrected chi connectivity index (χ0v) is 9.95. The number of hydrogen-bond acceptors (Lipinski definition) is 3. The lowest BCUT2D eigenvalue weighted by Gasteiger charge is -2.38. The minimum atomic E-state index is -0.279. The van der Waals surface area contributed by atoms with Crippen molar-refractivity contribution in [3.63, 3.8) is 0 Å². The largest absolute Gasteiger partial charge is 0.466 e. The number of likely N-dealkylation sites (tertiary alicyclic amines) is 1. The lowest BCUT2D eigenvalue weighted by Crippen LogP contribution is -2.35. The minimum absolute atomic E-state index is 0.279. The van der Waals surface area contributed by atoms with E-state index >= 15 is 0 Å². The van der Waals surface area contributed by atoms with Crippen molar-refractivity contribution in [1.82, 2.24) is 4.90 Å². The molecule has 0 spiro atoms. The number of hydrogen-bond donors (Lipinski definition) is 0. The van der Waals surface area contributed by atoms with E-state index in [4.69, 9.17) is 0 Å². The van der Waals surface area contributed by atoms with Crippen LogP contribution < -0.4 is 0 Å². The smallest absolute Gasteiger partial charge is 0.331 e. The molecule has 1 heterocycles. The summed E-state index contributed by atoms with van der Waals surface area (Å²) < 4.78 is 4.55. The Balaban J connectivity index is 2.38. The molecule has 86 valence electrons. The first-order valence-electron chi connectivity index (χ1n) is 5.60. The molecule has 0 unspecified atom stereocenters. The summed E-state index contributed by atoms with van der Waals surface area (Å²) in [7, 11) is 1.40. The molecule has 0 amide bonds. The van der Waals surface area contributed by atoms with Gasteiger partial charge in [0.1, 0.15) is 0 Å². The van der Waals surface area contributed by atoms with Gasteiger partial charge in [0.25, 0.3) is 0 Å². The van der Waals surface area contributed by atoms with Crippen molar-refractivity contribution in [3.05, 3.63) is 12.3 Å². The Morgan fingerprint density at radius 3 is 2.53 bits per heavy atom. The highest BCUT2D eigenvalue weighted by Gasteiger charge is 2.26. The van der Waals surface area contributed by atoms with E-state index in [9.17, 15) is 4.79 Å². The van der Waals surface area contributed by atoms with Crippen LogP contribution in [0.4, 0.5) is 0 Å². The van der Waals surface area contributed by atoms with E-state index < -0.39 is 0 Å². The van der Waals surface area contributed by atoms with Gasteiger partial charge in [0, 0.05) is 25.4 Å². The first-order valence-corrected chi connectivity index (χ1v) is 5.60. The number of nitrogens with zero attached hydrogens (tertiary/aromatic N) is 1. The van der Waals surface area contributed by atoms with Crippen LogP contribution in [-0.2, 0) is 9.53 Å². The Kier molecular flexibility index (Phi) is 4.18. The van der Waals surface area contributed by atoms with Gasteiger partial charge in [0.05, 0.1) is 7.11 Å². The van der Waals surface area contributed by atoms with Crippen LogP contribution in [0.2, 0.25) is 0 Å². The molecule has 0 radical (unpaired) electrons. The summed E-state index contributed by atoms with van der Waals surface area (Å²) in [6, 6.07) is 0. The Bertz CT molecular complexity index is 240. The molecule has 1 fully saturated rings. The Morgan fingerprint density at radius 1 is 1.47 bits per heavy atom. The number of carbonyl (C=O) groups excluding carboxylic acids is 1. The number of carbonyl (C=O) groups is 1. The zero-order chi connectivity index (χ0) is 11.3. The first-order chi connectivity index (χ1) is 7.09. The van der Waals surface area contributed by atoms with Gasteiger partial charge in [0.2, 0.25) is 0 Å². The van der Waals surface area contributed by atoms with Crippen LogP contribution in [-0.4, -0.2) is 31.1 Å². The quantitative estimate of drug-likeness (QED) is 0.529. The average molecular weight is 211 g/mol. The molecular formula is C12H21NO2. The molecule has 1 rings (SSSR count). The Hall–Kier alpha value is -0.990. The average Bonchev–Trinajstić information content (AvgIpc) is 2.28. The fourth-order valence-electron chi connectivity index (χ4n) is 1.80. The van der Waals surface area contributed by atoms with Gasteiger partial charge < -0.3 is 9.64 Å². The van der Waals surface area contributed by atoms with Crippen molar-refractivity contribution >= 4 is 5.97 Å². The molecule has 15 heavy (non-hydrogen) atoms. The van der Waals surface area contributed by atoms with Crippen LogP contribution in [0.15, 0.2) is 12.3 Å². The molecule has 1 aliphatic rings. The highest BCUT2D eigenvalue weighted by atomic mass is 16.5. The second-order valence-corrected chi connectivity index (χ2v) is 4.54. The maximum atomic E-state index is 10.9. The highest BCUT2D eigenvalue weighted by molar-refractivity contribution is 5.81. The van der Waals surface area contributed by atoms with Crippen LogP contribution in [0.1, 0.15) is 33.1 Å². The van der Waals surface area contributed by atoms with E-state index in [-0.39, 0.29) is 5.97 Å². The second-order valence-electron chi connectivity index (χ2n) is 4.54. The van der Waals surface area contributed by atoms with Gasteiger partial charge in [-0.05, 0) is 18.3 Å². The topological polar surface area (TPSA) is 29.5 Å². The molecule has 0 aromatic carbocycles. The highest BCUT2D eigenvalue weighted by Crippen LogP contribution is 2.33. The molecule has 1 saturated heterocycles. The fourth-order valence-corrected chi connectivity index (χ4v) is 1.80. The predicted octanol–water partition coefficient (Wildman–Crippen LogP) is 2.19. The normalized spacial score (nSPS) is 20.6. The van der Waals surface area contributed by atoms with Crippen LogP contribution >= 0.6 is 0 Å². The van der Waals surface area contributed by atoms with Crippen molar-refractivity contribution in [3.8, 4) is 0 Å². The van der Waals surface area contributed by atoms with Gasteiger partial charge in [-0.15, -0.1) is 0 Å². The van der Waals surface area contributed by atoms with E-state index in [2.05, 4.69) is 23.5 Å². The summed E-state index contributed by atoms with van der Waals surface area (Å²) in [5.74, 6) is -0.279. The molecule has 0 aromatic heterocycles. The molecule has 1 aliphatic heterocycles. The summed E-state index contributed by atoms with van der Waals surface area (Å²) in [5, 5.41) is 0. The minimum Gasteiger partial charge on any atom is -0.466 e. The molecule has 0 saturated carbocycles. The van der Waals surface area contributed by atoms with Gasteiger partial charge in [-0.25, -0.2) is 4.79 Å². The number of ether oxygens (including phenoxy) is 1. The van der Waals surface area contributed by atoms with E-state index in [1.165, 1.54) is 32.4 Å². The summed E-state index contributed by atoms with van der Waals surface area (Å²) in [6.07, 6.45) is 6.99. The Labute approximate surface area is 92.1 Å². The third-order valence-corrected chi connectivity index (χ3v) is 3.48. The molecule has 3 heteroatoms. The number of methoxy groups -OCH3 is 1. The third kappa shape index (κ3) is 3.57. The van der Waals surface area contributed by atoms with E-state index in [1.807, 2.05) is 6.20 Å². The van der Waals surface area contributed by atoms with Gasteiger partial charge in [-0.3, -0.25) is 0 Å². The van der Waals surface area contributed by atoms with Crippen LogP contribution in [0.25, 0.3) is 0 Å². The summed E-state index contributed by atoms with van der Waals surface area (Å²) in [5.41, 5.74) is 0.496. The zero-order valence-electron chi connectivity index (χ0n) is 9.95. The van der Waals surface area contributed by atoms with Crippen molar-refractivity contribution < 1.29 is 9.53 Å². The third-order valence-electron chi connectivity index (χ3n) is 3.48. The number of esters is 1. The summed E-state index contributed by atoms with van der Waals surface area (Å²) in [6.45, 7) is 6.67. The Morgan fingerprint density at radius 2 is 2.07 bits per heavy atom. The first kappa shape index (κ1) is 12.1. The lowest BCUT2D eigenvalue weighted by molar-refractivity contribution is -0.134. The molecule has 0 atom stereocenters. The van der Waals surface area contributed by atoms with Crippen molar-refractivity contribution in [2.75, 3.05) is 20.2 Å². The number of piperidine rings is 1. The SMILES string of the molecule is CCC1(C)CCN(C=CC(=O)OC)CC1. The fraction of sp³-hybridized carbons (Fsp3) is 0.750. The molecule has 0 N–H and O–H groups in total. The van der Waals surface area contributed by atoms with Crippen LogP contribution in [0.3, 0.4) is 0 Å². The molecule has 0 bridgehead atoms. The second kappa shape index (κ2) is 5.19. The standard InChI is InChI=1S/C12H21NO2/c1-4-12(2)6-9-13(10-7-12)8-5-11(14)15-3/h5,8H,4,6-7,9-10H2,1-3H3. The van der Waals surface area contributed by atoms with Crippen LogP contribution in [0, 0.1) is 5.41 Å². The maximum Gasteiger partial charge on any atom is 0.331 e. The monoisotopic (exact) mass is 211 g/mol. The van der Waals surface area contributed by atoms with E-state index in [0.717, 1.165) is 13.1 Å². The number of rotatable bonds is 3. The van der Waals surface area contributed by atoms with Gasteiger partial charge >= 0.3 is 5.97 Å². The predicted molar refractivity (Wildman–Crippen MR) is 60.4 cm³/mol. The summed E-state index contributed by atoms with van der Waals surface area (Å²) in [4.78, 5) is 13.1. The summed E-state index contributed by atoms with van der Waals surface area (Å²) >= 11 is 0. The van der Waals surface area contributed by atoms with Gasteiger partial charge in [-0.2, -0.15) is 0 Å². The molecule has 3 nitrogen and oxygen atoms in total.